The Labute approximate surface area is 153 Å². The van der Waals surface area contributed by atoms with E-state index in [0.717, 1.165) is 12.1 Å². The summed E-state index contributed by atoms with van der Waals surface area (Å²) in [4.78, 5) is 15.5. The minimum absolute atomic E-state index is 0.00865. The molecule has 1 N–H and O–H groups in total. The average molecular weight is 363 g/mol. The van der Waals surface area contributed by atoms with Gasteiger partial charge in [-0.1, -0.05) is 41.9 Å². The van der Waals surface area contributed by atoms with Gasteiger partial charge in [0, 0.05) is 16.5 Å². The predicted molar refractivity (Wildman–Crippen MR) is 103 cm³/mol. The summed E-state index contributed by atoms with van der Waals surface area (Å²) in [5.41, 5.74) is 2.13. The van der Waals surface area contributed by atoms with Crippen LogP contribution in [0.5, 0.6) is 0 Å². The maximum absolute atomic E-state index is 12.2. The van der Waals surface area contributed by atoms with Gasteiger partial charge in [0.25, 0.3) is 0 Å². The molecule has 0 aromatic heterocycles. The van der Waals surface area contributed by atoms with Gasteiger partial charge in [0.05, 0.1) is 12.6 Å². The molecule has 2 rings (SSSR count). The summed E-state index contributed by atoms with van der Waals surface area (Å²) in [5, 5.41) is 3.68. The molecule has 0 aliphatic carbocycles. The number of carbonyl (C=O) groups excluding carboxylic acids is 1. The number of hydrogen-bond donors (Lipinski definition) is 1. The topological polar surface area (TPSA) is 32.3 Å². The van der Waals surface area contributed by atoms with Crippen molar-refractivity contribution in [1.82, 2.24) is 10.2 Å². The van der Waals surface area contributed by atoms with E-state index in [0.29, 0.717) is 11.6 Å². The number of benzene rings is 2. The van der Waals surface area contributed by atoms with Crippen LogP contribution in [0.3, 0.4) is 0 Å². The van der Waals surface area contributed by atoms with Crippen molar-refractivity contribution in [3.8, 4) is 0 Å². The summed E-state index contributed by atoms with van der Waals surface area (Å²) in [5.74, 6) is -0.00865. The highest BCUT2D eigenvalue weighted by molar-refractivity contribution is 7.98. The third-order valence-electron chi connectivity index (χ3n) is 3.77. The molecule has 2 aromatic rings. The first kappa shape index (κ1) is 18.8. The molecule has 0 unspecified atom stereocenters. The van der Waals surface area contributed by atoms with Crippen molar-refractivity contribution in [3.05, 3.63) is 64.7 Å². The summed E-state index contributed by atoms with van der Waals surface area (Å²) < 4.78 is 0. The SMILES string of the molecule is CSc1ccc(CN(C)CC(=O)N[C@H](C)c2ccccc2Cl)cc1. The van der Waals surface area contributed by atoms with Crippen molar-refractivity contribution in [2.24, 2.45) is 0 Å². The lowest BCUT2D eigenvalue weighted by molar-refractivity contribution is -0.122. The fraction of sp³-hybridized carbons (Fsp3) is 0.316. The third-order valence-corrected chi connectivity index (χ3v) is 4.86. The van der Waals surface area contributed by atoms with Crippen molar-refractivity contribution >= 4 is 29.3 Å². The van der Waals surface area contributed by atoms with Gasteiger partial charge in [-0.25, -0.2) is 0 Å². The van der Waals surface area contributed by atoms with E-state index < -0.39 is 0 Å². The van der Waals surface area contributed by atoms with Gasteiger partial charge in [-0.05, 0) is 49.6 Å². The Kier molecular flexibility index (Phi) is 7.16. The van der Waals surface area contributed by atoms with E-state index in [-0.39, 0.29) is 11.9 Å². The Bertz CT molecular complexity index is 675. The van der Waals surface area contributed by atoms with Crippen molar-refractivity contribution in [3.63, 3.8) is 0 Å². The monoisotopic (exact) mass is 362 g/mol. The molecule has 2 aromatic carbocycles. The molecule has 5 heteroatoms. The lowest BCUT2D eigenvalue weighted by atomic mass is 10.1. The maximum Gasteiger partial charge on any atom is 0.234 e. The first-order valence-electron chi connectivity index (χ1n) is 7.85. The van der Waals surface area contributed by atoms with Gasteiger partial charge < -0.3 is 5.32 Å². The van der Waals surface area contributed by atoms with Crippen molar-refractivity contribution in [2.45, 2.75) is 24.4 Å². The normalized spacial score (nSPS) is 12.2. The first-order chi connectivity index (χ1) is 11.5. The number of amides is 1. The second-order valence-corrected chi connectivity index (χ2v) is 7.12. The average Bonchev–Trinajstić information content (AvgIpc) is 2.55. The molecule has 3 nitrogen and oxygen atoms in total. The third kappa shape index (κ3) is 5.55. The molecule has 0 saturated heterocycles. The lowest BCUT2D eigenvalue weighted by Crippen LogP contribution is -2.36. The molecule has 0 aliphatic rings. The van der Waals surface area contributed by atoms with Crippen LogP contribution in [-0.4, -0.2) is 30.7 Å². The van der Waals surface area contributed by atoms with Gasteiger partial charge in [-0.3, -0.25) is 9.69 Å². The Morgan fingerprint density at radius 3 is 2.50 bits per heavy atom. The van der Waals surface area contributed by atoms with Crippen LogP contribution < -0.4 is 5.32 Å². The Morgan fingerprint density at radius 2 is 1.88 bits per heavy atom. The number of rotatable bonds is 7. The molecule has 0 saturated carbocycles. The minimum atomic E-state index is -0.111. The fourth-order valence-corrected chi connectivity index (χ4v) is 3.24. The number of nitrogens with zero attached hydrogens (tertiary/aromatic N) is 1. The number of carbonyl (C=O) groups is 1. The smallest absolute Gasteiger partial charge is 0.234 e. The van der Waals surface area contributed by atoms with E-state index >= 15 is 0 Å². The number of likely N-dealkylation sites (N-methyl/N-ethyl adjacent to an activating group) is 1. The highest BCUT2D eigenvalue weighted by atomic mass is 35.5. The van der Waals surface area contributed by atoms with Crippen LogP contribution >= 0.6 is 23.4 Å². The summed E-state index contributed by atoms with van der Waals surface area (Å²) in [7, 11) is 1.95. The van der Waals surface area contributed by atoms with E-state index in [1.165, 1.54) is 10.5 Å². The largest absolute Gasteiger partial charge is 0.348 e. The minimum Gasteiger partial charge on any atom is -0.348 e. The molecule has 128 valence electrons. The van der Waals surface area contributed by atoms with Crippen molar-refractivity contribution in [2.75, 3.05) is 19.8 Å². The highest BCUT2D eigenvalue weighted by Gasteiger charge is 2.13. The molecular formula is C19H23ClN2OS. The van der Waals surface area contributed by atoms with Gasteiger partial charge in [0.2, 0.25) is 5.91 Å². The first-order valence-corrected chi connectivity index (χ1v) is 9.45. The van der Waals surface area contributed by atoms with Gasteiger partial charge in [0.1, 0.15) is 0 Å². The zero-order chi connectivity index (χ0) is 17.5. The van der Waals surface area contributed by atoms with E-state index in [4.69, 9.17) is 11.6 Å². The Hall–Kier alpha value is -1.49. The van der Waals surface area contributed by atoms with Gasteiger partial charge in [0.15, 0.2) is 0 Å². The van der Waals surface area contributed by atoms with Crippen LogP contribution in [0.1, 0.15) is 24.1 Å². The van der Waals surface area contributed by atoms with E-state index in [1.54, 1.807) is 11.8 Å². The van der Waals surface area contributed by atoms with Gasteiger partial charge >= 0.3 is 0 Å². The van der Waals surface area contributed by atoms with Crippen LogP contribution in [0.2, 0.25) is 5.02 Å². The van der Waals surface area contributed by atoms with E-state index in [9.17, 15) is 4.79 Å². The molecular weight excluding hydrogens is 340 g/mol. The number of thioether (sulfide) groups is 1. The van der Waals surface area contributed by atoms with Crippen LogP contribution in [0.4, 0.5) is 0 Å². The molecule has 0 aliphatic heterocycles. The zero-order valence-electron chi connectivity index (χ0n) is 14.3. The molecule has 24 heavy (non-hydrogen) atoms. The summed E-state index contributed by atoms with van der Waals surface area (Å²) in [6.45, 7) is 3.03. The summed E-state index contributed by atoms with van der Waals surface area (Å²) in [6, 6.07) is 15.9. The zero-order valence-corrected chi connectivity index (χ0v) is 15.8. The number of nitrogens with one attached hydrogen (secondary N) is 1. The van der Waals surface area contributed by atoms with Crippen molar-refractivity contribution < 1.29 is 4.79 Å². The maximum atomic E-state index is 12.2. The second kappa shape index (κ2) is 9.11. The molecule has 0 fully saturated rings. The molecule has 0 spiro atoms. The van der Waals surface area contributed by atoms with Crippen LogP contribution in [0.25, 0.3) is 0 Å². The summed E-state index contributed by atoms with van der Waals surface area (Å²) >= 11 is 7.90. The van der Waals surface area contributed by atoms with Gasteiger partial charge in [-0.2, -0.15) is 0 Å². The quantitative estimate of drug-likeness (QED) is 0.742. The van der Waals surface area contributed by atoms with Crippen LogP contribution in [0.15, 0.2) is 53.4 Å². The standard InChI is InChI=1S/C19H23ClN2OS/c1-14(17-6-4-5-7-18(17)20)21-19(23)13-22(2)12-15-8-10-16(24-3)11-9-15/h4-11,14H,12-13H2,1-3H3,(H,21,23)/t14-/m1/s1. The van der Waals surface area contributed by atoms with E-state index in [2.05, 4.69) is 35.8 Å². The number of halogens is 1. The molecule has 0 radical (unpaired) electrons. The number of hydrogen-bond acceptors (Lipinski definition) is 3. The molecule has 0 bridgehead atoms. The predicted octanol–water partition coefficient (Wildman–Crippen LogP) is 4.37. The highest BCUT2D eigenvalue weighted by Crippen LogP contribution is 2.22. The van der Waals surface area contributed by atoms with Crippen LogP contribution in [0, 0.1) is 0 Å². The Balaban J connectivity index is 1.85. The molecule has 1 amide bonds. The molecule has 0 heterocycles. The lowest BCUT2D eigenvalue weighted by Gasteiger charge is -2.20. The fourth-order valence-electron chi connectivity index (χ4n) is 2.53. The second-order valence-electron chi connectivity index (χ2n) is 5.83. The summed E-state index contributed by atoms with van der Waals surface area (Å²) in [6.07, 6.45) is 2.06. The molecule has 1 atom stereocenters. The van der Waals surface area contributed by atoms with Crippen molar-refractivity contribution in [1.29, 1.82) is 0 Å². The van der Waals surface area contributed by atoms with Crippen LogP contribution in [-0.2, 0) is 11.3 Å². The van der Waals surface area contributed by atoms with Gasteiger partial charge in [-0.15, -0.1) is 11.8 Å². The Morgan fingerprint density at radius 1 is 1.21 bits per heavy atom. The van der Waals surface area contributed by atoms with E-state index in [1.807, 2.05) is 43.1 Å².